The molecular formula is C17H21NO3. The first-order valence-electron chi connectivity index (χ1n) is 7.04. The zero-order valence-corrected chi connectivity index (χ0v) is 12.7. The van der Waals surface area contributed by atoms with Gasteiger partial charge in [-0.15, -0.1) is 0 Å². The van der Waals surface area contributed by atoms with Gasteiger partial charge in [0.25, 0.3) is 0 Å². The summed E-state index contributed by atoms with van der Waals surface area (Å²) < 4.78 is 10.3. The first kappa shape index (κ1) is 15.3. The van der Waals surface area contributed by atoms with E-state index in [1.165, 1.54) is 18.2 Å². The molecule has 1 N–H and O–H groups in total. The van der Waals surface area contributed by atoms with Crippen molar-refractivity contribution < 1.29 is 13.9 Å². The Labute approximate surface area is 125 Å². The number of nitrogens with one attached hydrogen (secondary N) is 1. The Morgan fingerprint density at radius 3 is 2.76 bits per heavy atom. The molecule has 0 aliphatic heterocycles. The summed E-state index contributed by atoms with van der Waals surface area (Å²) in [5, 5.41) is 3.33. The van der Waals surface area contributed by atoms with Crippen LogP contribution in [0.3, 0.4) is 0 Å². The molecule has 2 aromatic rings. The summed E-state index contributed by atoms with van der Waals surface area (Å²) in [7, 11) is 1.37. The summed E-state index contributed by atoms with van der Waals surface area (Å²) in [6, 6.07) is 10.1. The molecule has 112 valence electrons. The van der Waals surface area contributed by atoms with E-state index in [0.717, 1.165) is 18.7 Å². The summed E-state index contributed by atoms with van der Waals surface area (Å²) in [6.45, 7) is 5.35. The summed E-state index contributed by atoms with van der Waals surface area (Å²) in [5.74, 6) is 0.984. The fourth-order valence-electron chi connectivity index (χ4n) is 2.27. The van der Waals surface area contributed by atoms with Gasteiger partial charge in [0.15, 0.2) is 0 Å². The van der Waals surface area contributed by atoms with Crippen molar-refractivity contribution in [3.05, 3.63) is 58.5 Å². The highest BCUT2D eigenvalue weighted by atomic mass is 16.5. The standard InChI is InChI=1S/C17H21NO3/c1-12-6-4-5-7-14(12)8-9-18-11-15-10-16(13(2)21-15)17(19)20-3/h4-7,10,18H,8-9,11H2,1-3H3. The molecule has 0 aliphatic rings. The predicted octanol–water partition coefficient (Wildman–Crippen LogP) is 3.02. The van der Waals surface area contributed by atoms with Crippen molar-refractivity contribution in [3.8, 4) is 0 Å². The molecule has 0 saturated carbocycles. The second kappa shape index (κ2) is 7.09. The first-order valence-corrected chi connectivity index (χ1v) is 7.04. The van der Waals surface area contributed by atoms with Gasteiger partial charge < -0.3 is 14.5 Å². The Balaban J connectivity index is 1.84. The van der Waals surface area contributed by atoms with Crippen molar-refractivity contribution in [1.29, 1.82) is 0 Å². The van der Waals surface area contributed by atoms with E-state index in [4.69, 9.17) is 9.15 Å². The SMILES string of the molecule is COC(=O)c1cc(CNCCc2ccccc2C)oc1C. The van der Waals surface area contributed by atoms with Crippen LogP contribution >= 0.6 is 0 Å². The van der Waals surface area contributed by atoms with Crippen molar-refractivity contribution in [1.82, 2.24) is 5.32 Å². The lowest BCUT2D eigenvalue weighted by molar-refractivity contribution is 0.0599. The molecule has 2 rings (SSSR count). The minimum atomic E-state index is -0.359. The van der Waals surface area contributed by atoms with Gasteiger partial charge in [0.2, 0.25) is 0 Å². The summed E-state index contributed by atoms with van der Waals surface area (Å²) in [5.41, 5.74) is 3.14. The van der Waals surface area contributed by atoms with Crippen molar-refractivity contribution in [2.24, 2.45) is 0 Å². The zero-order valence-electron chi connectivity index (χ0n) is 12.7. The molecule has 1 aromatic heterocycles. The molecule has 0 bridgehead atoms. The molecule has 0 unspecified atom stereocenters. The topological polar surface area (TPSA) is 51.5 Å². The van der Waals surface area contributed by atoms with Gasteiger partial charge in [0.1, 0.15) is 17.1 Å². The molecule has 0 saturated heterocycles. The molecular weight excluding hydrogens is 266 g/mol. The van der Waals surface area contributed by atoms with Crippen LogP contribution in [-0.4, -0.2) is 19.6 Å². The van der Waals surface area contributed by atoms with Crippen molar-refractivity contribution in [2.75, 3.05) is 13.7 Å². The Bertz CT molecular complexity index is 616. The van der Waals surface area contributed by atoms with E-state index in [0.29, 0.717) is 17.9 Å². The van der Waals surface area contributed by atoms with Gasteiger partial charge in [-0.1, -0.05) is 24.3 Å². The van der Waals surface area contributed by atoms with E-state index in [1.54, 1.807) is 13.0 Å². The minimum absolute atomic E-state index is 0.359. The second-order valence-electron chi connectivity index (χ2n) is 5.03. The molecule has 0 fully saturated rings. The normalized spacial score (nSPS) is 10.6. The molecule has 1 aromatic carbocycles. The number of benzene rings is 1. The van der Waals surface area contributed by atoms with E-state index >= 15 is 0 Å². The lowest BCUT2D eigenvalue weighted by Crippen LogP contribution is -2.16. The number of hydrogen-bond donors (Lipinski definition) is 1. The van der Waals surface area contributed by atoms with Crippen LogP contribution in [-0.2, 0) is 17.7 Å². The summed E-state index contributed by atoms with van der Waals surface area (Å²) in [4.78, 5) is 11.5. The van der Waals surface area contributed by atoms with Crippen LogP contribution < -0.4 is 5.32 Å². The van der Waals surface area contributed by atoms with Crippen LogP contribution in [0.15, 0.2) is 34.7 Å². The van der Waals surface area contributed by atoms with Gasteiger partial charge in [-0.25, -0.2) is 4.79 Å². The highest BCUT2D eigenvalue weighted by molar-refractivity contribution is 5.90. The maximum atomic E-state index is 11.5. The van der Waals surface area contributed by atoms with Gasteiger partial charge in [-0.3, -0.25) is 0 Å². The predicted molar refractivity (Wildman–Crippen MR) is 81.4 cm³/mol. The third-order valence-electron chi connectivity index (χ3n) is 3.51. The van der Waals surface area contributed by atoms with E-state index < -0.39 is 0 Å². The quantitative estimate of drug-likeness (QED) is 0.655. The zero-order chi connectivity index (χ0) is 15.2. The number of esters is 1. The Morgan fingerprint density at radius 2 is 2.05 bits per heavy atom. The van der Waals surface area contributed by atoms with E-state index in [9.17, 15) is 4.79 Å². The fraction of sp³-hybridized carbons (Fsp3) is 0.353. The van der Waals surface area contributed by atoms with Crippen LogP contribution in [0, 0.1) is 13.8 Å². The van der Waals surface area contributed by atoms with Crippen LogP contribution in [0.4, 0.5) is 0 Å². The van der Waals surface area contributed by atoms with Crippen LogP contribution in [0.1, 0.15) is 33.0 Å². The lowest BCUT2D eigenvalue weighted by Gasteiger charge is -2.06. The van der Waals surface area contributed by atoms with E-state index in [2.05, 4.69) is 30.4 Å². The third-order valence-corrected chi connectivity index (χ3v) is 3.51. The summed E-state index contributed by atoms with van der Waals surface area (Å²) >= 11 is 0. The fourth-order valence-corrected chi connectivity index (χ4v) is 2.27. The highest BCUT2D eigenvalue weighted by Crippen LogP contribution is 2.15. The smallest absolute Gasteiger partial charge is 0.341 e. The van der Waals surface area contributed by atoms with Crippen molar-refractivity contribution in [3.63, 3.8) is 0 Å². The number of aryl methyl sites for hydroxylation is 2. The van der Waals surface area contributed by atoms with Gasteiger partial charge in [0, 0.05) is 0 Å². The van der Waals surface area contributed by atoms with Gasteiger partial charge >= 0.3 is 5.97 Å². The Morgan fingerprint density at radius 1 is 1.29 bits per heavy atom. The molecule has 1 heterocycles. The monoisotopic (exact) mass is 287 g/mol. The molecule has 0 amide bonds. The maximum Gasteiger partial charge on any atom is 0.341 e. The van der Waals surface area contributed by atoms with E-state index in [1.807, 2.05) is 6.07 Å². The molecule has 0 atom stereocenters. The average Bonchev–Trinajstić information content (AvgIpc) is 2.85. The van der Waals surface area contributed by atoms with Gasteiger partial charge in [0.05, 0.1) is 13.7 Å². The van der Waals surface area contributed by atoms with Crippen molar-refractivity contribution in [2.45, 2.75) is 26.8 Å². The number of rotatable bonds is 6. The number of carbonyl (C=O) groups excluding carboxylic acids is 1. The number of methoxy groups -OCH3 is 1. The lowest BCUT2D eigenvalue weighted by atomic mass is 10.1. The number of hydrogen-bond acceptors (Lipinski definition) is 4. The van der Waals surface area contributed by atoms with Crippen LogP contribution in [0.25, 0.3) is 0 Å². The van der Waals surface area contributed by atoms with Crippen LogP contribution in [0.2, 0.25) is 0 Å². The first-order chi connectivity index (χ1) is 10.1. The maximum absolute atomic E-state index is 11.5. The number of furan rings is 1. The Kier molecular flexibility index (Phi) is 5.17. The highest BCUT2D eigenvalue weighted by Gasteiger charge is 2.14. The molecule has 4 nitrogen and oxygen atoms in total. The Hall–Kier alpha value is -2.07. The minimum Gasteiger partial charge on any atom is -0.465 e. The number of ether oxygens (including phenoxy) is 1. The molecule has 21 heavy (non-hydrogen) atoms. The average molecular weight is 287 g/mol. The number of carbonyl (C=O) groups is 1. The summed E-state index contributed by atoms with van der Waals surface area (Å²) in [6.07, 6.45) is 0.968. The van der Waals surface area contributed by atoms with E-state index in [-0.39, 0.29) is 5.97 Å². The molecule has 4 heteroatoms. The molecule has 0 spiro atoms. The second-order valence-corrected chi connectivity index (χ2v) is 5.03. The largest absolute Gasteiger partial charge is 0.465 e. The van der Waals surface area contributed by atoms with Crippen LogP contribution in [0.5, 0.6) is 0 Å². The molecule has 0 radical (unpaired) electrons. The third kappa shape index (κ3) is 3.95. The van der Waals surface area contributed by atoms with Gasteiger partial charge in [-0.2, -0.15) is 0 Å². The van der Waals surface area contributed by atoms with Crippen molar-refractivity contribution >= 4 is 5.97 Å². The molecule has 0 aliphatic carbocycles. The van der Waals surface area contributed by atoms with Gasteiger partial charge in [-0.05, 0) is 44.0 Å².